The van der Waals surface area contributed by atoms with Gasteiger partial charge in [0.05, 0.1) is 10.9 Å². The smallest absolute Gasteiger partial charge is 0.175 e. The first-order chi connectivity index (χ1) is 9.79. The van der Waals surface area contributed by atoms with Crippen LogP contribution in [0.25, 0.3) is 0 Å². The van der Waals surface area contributed by atoms with Crippen LogP contribution in [-0.4, -0.2) is 14.7 Å². The first-order valence-electron chi connectivity index (χ1n) is 6.94. The zero-order valence-electron chi connectivity index (χ0n) is 12.6. The fraction of sp³-hybridized carbons (Fsp3) is 0.294. The summed E-state index contributed by atoms with van der Waals surface area (Å²) in [6.07, 6.45) is 1.20. The predicted octanol–water partition coefficient (Wildman–Crippen LogP) is 3.26. The van der Waals surface area contributed by atoms with Crippen molar-refractivity contribution in [3.05, 3.63) is 65.2 Å². The molecule has 0 aliphatic heterocycles. The molecule has 3 nitrogen and oxygen atoms in total. The van der Waals surface area contributed by atoms with Crippen molar-refractivity contribution in [2.24, 2.45) is 5.73 Å². The van der Waals surface area contributed by atoms with Crippen LogP contribution in [0.1, 0.15) is 42.5 Å². The average molecular weight is 303 g/mol. The van der Waals surface area contributed by atoms with Gasteiger partial charge in [-0.3, -0.25) is 0 Å². The third-order valence-corrected chi connectivity index (χ3v) is 4.76. The van der Waals surface area contributed by atoms with E-state index in [1.807, 2.05) is 12.1 Å². The molecule has 0 heterocycles. The summed E-state index contributed by atoms with van der Waals surface area (Å²) in [6.45, 7) is 4.30. The van der Waals surface area contributed by atoms with Crippen molar-refractivity contribution in [1.29, 1.82) is 0 Å². The summed E-state index contributed by atoms with van der Waals surface area (Å²) < 4.78 is 22.9. The van der Waals surface area contributed by atoms with Crippen LogP contribution in [0.2, 0.25) is 0 Å². The Morgan fingerprint density at radius 1 is 0.810 bits per heavy atom. The fourth-order valence-electron chi connectivity index (χ4n) is 2.20. The van der Waals surface area contributed by atoms with Crippen molar-refractivity contribution < 1.29 is 8.42 Å². The van der Waals surface area contributed by atoms with E-state index in [-0.39, 0.29) is 6.04 Å². The Balaban J connectivity index is 2.25. The van der Waals surface area contributed by atoms with Gasteiger partial charge in [-0.2, -0.15) is 0 Å². The molecule has 0 aromatic heterocycles. The van der Waals surface area contributed by atoms with E-state index in [1.165, 1.54) is 11.8 Å². The van der Waals surface area contributed by atoms with E-state index in [4.69, 9.17) is 5.73 Å². The van der Waals surface area contributed by atoms with Crippen LogP contribution in [0.4, 0.5) is 0 Å². The molecule has 0 amide bonds. The molecule has 1 unspecified atom stereocenters. The molecule has 0 saturated carbocycles. The predicted molar refractivity (Wildman–Crippen MR) is 86.1 cm³/mol. The molecule has 0 aliphatic carbocycles. The summed E-state index contributed by atoms with van der Waals surface area (Å²) in [7, 11) is -3.17. The van der Waals surface area contributed by atoms with Gasteiger partial charge in [0, 0.05) is 6.26 Å². The summed E-state index contributed by atoms with van der Waals surface area (Å²) in [5, 5.41) is 0. The van der Waals surface area contributed by atoms with E-state index in [1.54, 1.807) is 24.3 Å². The summed E-state index contributed by atoms with van der Waals surface area (Å²) in [5.41, 5.74) is 9.45. The molecule has 0 fully saturated rings. The summed E-state index contributed by atoms with van der Waals surface area (Å²) in [4.78, 5) is 0.314. The first kappa shape index (κ1) is 15.7. The van der Waals surface area contributed by atoms with Crippen LogP contribution in [-0.2, 0) is 9.84 Å². The lowest BCUT2D eigenvalue weighted by molar-refractivity contribution is 0.602. The highest BCUT2D eigenvalue weighted by atomic mass is 32.2. The number of hydrogen-bond donors (Lipinski definition) is 1. The van der Waals surface area contributed by atoms with Crippen LogP contribution < -0.4 is 5.73 Å². The van der Waals surface area contributed by atoms with Crippen LogP contribution >= 0.6 is 0 Å². The van der Waals surface area contributed by atoms with E-state index >= 15 is 0 Å². The topological polar surface area (TPSA) is 60.2 Å². The number of rotatable bonds is 4. The van der Waals surface area contributed by atoms with E-state index in [0.29, 0.717) is 10.8 Å². The van der Waals surface area contributed by atoms with E-state index in [9.17, 15) is 8.42 Å². The first-order valence-corrected chi connectivity index (χ1v) is 8.83. The maximum absolute atomic E-state index is 11.5. The molecule has 2 rings (SSSR count). The van der Waals surface area contributed by atoms with Gasteiger partial charge in [-0.1, -0.05) is 50.2 Å². The normalized spacial score (nSPS) is 13.4. The van der Waals surface area contributed by atoms with Gasteiger partial charge in [-0.25, -0.2) is 8.42 Å². The van der Waals surface area contributed by atoms with Gasteiger partial charge in [0.1, 0.15) is 0 Å². The lowest BCUT2D eigenvalue weighted by atomic mass is 9.96. The molecule has 2 aromatic carbocycles. The highest BCUT2D eigenvalue weighted by Crippen LogP contribution is 2.23. The molecule has 2 aromatic rings. The largest absolute Gasteiger partial charge is 0.320 e. The molecular formula is C17H21NO2S. The SMILES string of the molecule is CC(C)c1ccc(C(N)c2ccc(S(C)(=O)=O)cc2)cc1. The molecule has 1 atom stereocenters. The van der Waals surface area contributed by atoms with Gasteiger partial charge < -0.3 is 5.73 Å². The van der Waals surface area contributed by atoms with Crippen LogP contribution in [0.5, 0.6) is 0 Å². The zero-order chi connectivity index (χ0) is 15.6. The minimum Gasteiger partial charge on any atom is -0.320 e. The summed E-state index contributed by atoms with van der Waals surface area (Å²) >= 11 is 0. The lowest BCUT2D eigenvalue weighted by Crippen LogP contribution is -2.12. The zero-order valence-corrected chi connectivity index (χ0v) is 13.4. The van der Waals surface area contributed by atoms with Gasteiger partial charge in [0.25, 0.3) is 0 Å². The van der Waals surface area contributed by atoms with Crippen molar-refractivity contribution in [1.82, 2.24) is 0 Å². The second-order valence-corrected chi connectivity index (χ2v) is 7.66. The molecule has 0 spiro atoms. The van der Waals surface area contributed by atoms with Gasteiger partial charge in [0.2, 0.25) is 0 Å². The number of nitrogens with two attached hydrogens (primary N) is 1. The summed E-state index contributed by atoms with van der Waals surface area (Å²) in [6, 6.07) is 14.7. The Kier molecular flexibility index (Phi) is 4.49. The van der Waals surface area contributed by atoms with Crippen LogP contribution in [0.15, 0.2) is 53.4 Å². The van der Waals surface area contributed by atoms with Gasteiger partial charge in [0.15, 0.2) is 9.84 Å². The monoisotopic (exact) mass is 303 g/mol. The second-order valence-electron chi connectivity index (χ2n) is 5.64. The van der Waals surface area contributed by atoms with Gasteiger partial charge >= 0.3 is 0 Å². The minimum atomic E-state index is -3.17. The van der Waals surface area contributed by atoms with Crippen molar-refractivity contribution in [3.63, 3.8) is 0 Å². The van der Waals surface area contributed by atoms with Crippen LogP contribution in [0.3, 0.4) is 0 Å². The van der Waals surface area contributed by atoms with Crippen molar-refractivity contribution in [3.8, 4) is 0 Å². The molecular weight excluding hydrogens is 282 g/mol. The highest BCUT2D eigenvalue weighted by Gasteiger charge is 2.12. The average Bonchev–Trinajstić information content (AvgIpc) is 2.46. The fourth-order valence-corrected chi connectivity index (χ4v) is 2.83. The Labute approximate surface area is 126 Å². The Bertz CT molecular complexity index is 701. The Morgan fingerprint density at radius 3 is 1.57 bits per heavy atom. The molecule has 2 N–H and O–H groups in total. The Hall–Kier alpha value is -1.65. The minimum absolute atomic E-state index is 0.250. The van der Waals surface area contributed by atoms with Crippen molar-refractivity contribution in [2.75, 3.05) is 6.26 Å². The number of sulfone groups is 1. The molecule has 0 saturated heterocycles. The molecule has 21 heavy (non-hydrogen) atoms. The second kappa shape index (κ2) is 6.00. The molecule has 112 valence electrons. The maximum atomic E-state index is 11.5. The Morgan fingerprint density at radius 2 is 1.19 bits per heavy atom. The van der Waals surface area contributed by atoms with Gasteiger partial charge in [-0.05, 0) is 34.7 Å². The molecule has 0 bridgehead atoms. The molecule has 0 aliphatic rings. The van der Waals surface area contributed by atoms with E-state index in [0.717, 1.165) is 11.1 Å². The number of benzene rings is 2. The maximum Gasteiger partial charge on any atom is 0.175 e. The standard InChI is InChI=1S/C17H21NO2S/c1-12(2)13-4-6-14(7-5-13)17(18)15-8-10-16(11-9-15)21(3,19)20/h4-12,17H,18H2,1-3H3. The number of hydrogen-bond acceptors (Lipinski definition) is 3. The quantitative estimate of drug-likeness (QED) is 0.943. The summed E-state index contributed by atoms with van der Waals surface area (Å²) in [5.74, 6) is 0.490. The highest BCUT2D eigenvalue weighted by molar-refractivity contribution is 7.90. The van der Waals surface area contributed by atoms with E-state index in [2.05, 4.69) is 26.0 Å². The van der Waals surface area contributed by atoms with Crippen LogP contribution in [0, 0.1) is 0 Å². The van der Waals surface area contributed by atoms with Crippen molar-refractivity contribution >= 4 is 9.84 Å². The third-order valence-electron chi connectivity index (χ3n) is 3.63. The molecule has 0 radical (unpaired) electrons. The van der Waals surface area contributed by atoms with E-state index < -0.39 is 9.84 Å². The molecule has 4 heteroatoms. The van der Waals surface area contributed by atoms with Crippen molar-refractivity contribution in [2.45, 2.75) is 30.7 Å². The lowest BCUT2D eigenvalue weighted by Gasteiger charge is -2.14. The third kappa shape index (κ3) is 3.71. The van der Waals surface area contributed by atoms with Gasteiger partial charge in [-0.15, -0.1) is 0 Å².